The van der Waals surface area contributed by atoms with Crippen LogP contribution in [0.5, 0.6) is 0 Å². The first-order valence-corrected chi connectivity index (χ1v) is 7.62. The zero-order valence-corrected chi connectivity index (χ0v) is 10.8. The van der Waals surface area contributed by atoms with Gasteiger partial charge in [-0.15, -0.1) is 11.3 Å². The van der Waals surface area contributed by atoms with Crippen molar-refractivity contribution in [3.8, 4) is 0 Å². The van der Waals surface area contributed by atoms with Gasteiger partial charge in [0.1, 0.15) is 4.21 Å². The third-order valence-electron chi connectivity index (χ3n) is 3.03. The molecule has 90 valence electrons. The number of sulfonamides is 1. The number of hydrogen-bond acceptors (Lipinski definition) is 4. The number of rotatable bonds is 5. The lowest BCUT2D eigenvalue weighted by Gasteiger charge is -2.28. The molecule has 0 saturated heterocycles. The van der Waals surface area contributed by atoms with E-state index in [0.29, 0.717) is 16.7 Å². The van der Waals surface area contributed by atoms with Gasteiger partial charge in [-0.2, -0.15) is 0 Å². The summed E-state index contributed by atoms with van der Waals surface area (Å²) in [7, 11) is -3.40. The number of thiophene rings is 1. The van der Waals surface area contributed by atoms with Gasteiger partial charge in [-0.3, -0.25) is 0 Å². The molecule has 1 atom stereocenters. The molecule has 1 aliphatic carbocycles. The molecule has 0 bridgehead atoms. The molecule has 1 aromatic heterocycles. The quantitative estimate of drug-likeness (QED) is 0.834. The summed E-state index contributed by atoms with van der Waals surface area (Å²) in [6, 6.07) is 3.34. The van der Waals surface area contributed by atoms with Crippen LogP contribution in [-0.2, 0) is 10.0 Å². The Kier molecular flexibility index (Phi) is 3.09. The largest absolute Gasteiger partial charge is 0.329 e. The van der Waals surface area contributed by atoms with Crippen LogP contribution in [0.25, 0.3) is 0 Å². The van der Waals surface area contributed by atoms with Crippen LogP contribution < -0.4 is 10.5 Å². The molecular formula is C10H16N2O2S2. The lowest BCUT2D eigenvalue weighted by atomic mass is 9.98. The van der Waals surface area contributed by atoms with Crippen LogP contribution in [0.1, 0.15) is 19.8 Å². The van der Waals surface area contributed by atoms with Crippen LogP contribution in [0.4, 0.5) is 0 Å². The van der Waals surface area contributed by atoms with Crippen molar-refractivity contribution in [3.63, 3.8) is 0 Å². The first kappa shape index (κ1) is 12.0. The summed E-state index contributed by atoms with van der Waals surface area (Å²) in [5.74, 6) is 0.382. The van der Waals surface area contributed by atoms with Crippen molar-refractivity contribution in [1.82, 2.24) is 4.72 Å². The van der Waals surface area contributed by atoms with Gasteiger partial charge in [0.2, 0.25) is 0 Å². The maximum Gasteiger partial charge on any atom is 0.250 e. The molecule has 0 aromatic carbocycles. The smallest absolute Gasteiger partial charge is 0.250 e. The van der Waals surface area contributed by atoms with E-state index in [1.807, 2.05) is 6.92 Å². The predicted octanol–water partition coefficient (Wildman–Crippen LogP) is 1.15. The zero-order chi connectivity index (χ0) is 11.8. The average Bonchev–Trinajstić information content (AvgIpc) is 2.93. The standard InChI is InChI=1S/C10H16N2O2S2/c1-10(7-11,8-4-5-8)12-16(13,14)9-3-2-6-15-9/h2-3,6,8,12H,4-5,7,11H2,1H3. The van der Waals surface area contributed by atoms with Gasteiger partial charge >= 0.3 is 0 Å². The molecule has 1 unspecified atom stereocenters. The van der Waals surface area contributed by atoms with E-state index in [4.69, 9.17) is 5.73 Å². The van der Waals surface area contributed by atoms with Gasteiger partial charge in [-0.05, 0) is 37.1 Å². The average molecular weight is 260 g/mol. The summed E-state index contributed by atoms with van der Waals surface area (Å²) in [6.45, 7) is 2.22. The second-order valence-corrected chi connectivity index (χ2v) is 7.29. The van der Waals surface area contributed by atoms with Crippen LogP contribution in [0.3, 0.4) is 0 Å². The summed E-state index contributed by atoms with van der Waals surface area (Å²) in [6.07, 6.45) is 2.11. The second-order valence-electron chi connectivity index (χ2n) is 4.43. The molecule has 2 rings (SSSR count). The van der Waals surface area contributed by atoms with E-state index >= 15 is 0 Å². The summed E-state index contributed by atoms with van der Waals surface area (Å²) < 4.78 is 27.2. The fourth-order valence-corrected chi connectivity index (χ4v) is 4.25. The van der Waals surface area contributed by atoms with Crippen molar-refractivity contribution in [3.05, 3.63) is 17.5 Å². The summed E-state index contributed by atoms with van der Waals surface area (Å²) in [5, 5.41) is 1.76. The molecule has 0 amide bonds. The lowest BCUT2D eigenvalue weighted by molar-refractivity contribution is 0.374. The van der Waals surface area contributed by atoms with Crippen LogP contribution >= 0.6 is 11.3 Å². The Morgan fingerprint density at radius 1 is 1.62 bits per heavy atom. The zero-order valence-electron chi connectivity index (χ0n) is 9.14. The highest BCUT2D eigenvalue weighted by atomic mass is 32.2. The van der Waals surface area contributed by atoms with Gasteiger partial charge in [-0.1, -0.05) is 6.07 Å². The third kappa shape index (κ3) is 2.29. The molecular weight excluding hydrogens is 244 g/mol. The number of nitrogens with two attached hydrogens (primary N) is 1. The Hall–Kier alpha value is -0.430. The molecule has 4 nitrogen and oxygen atoms in total. The monoisotopic (exact) mass is 260 g/mol. The third-order valence-corrected chi connectivity index (χ3v) is 6.04. The van der Waals surface area contributed by atoms with Crippen LogP contribution in [0, 0.1) is 5.92 Å². The Balaban J connectivity index is 2.20. The SMILES string of the molecule is CC(CN)(NS(=O)(=O)c1cccs1)C1CC1. The first-order chi connectivity index (χ1) is 7.48. The Labute approximate surface area is 99.9 Å². The molecule has 1 saturated carbocycles. The topological polar surface area (TPSA) is 72.2 Å². The van der Waals surface area contributed by atoms with E-state index in [2.05, 4.69) is 4.72 Å². The normalized spacial score (nSPS) is 20.6. The number of nitrogens with one attached hydrogen (secondary N) is 1. The Morgan fingerprint density at radius 2 is 2.31 bits per heavy atom. The fourth-order valence-electron chi connectivity index (χ4n) is 1.79. The van der Waals surface area contributed by atoms with Crippen molar-refractivity contribution in [2.45, 2.75) is 29.5 Å². The summed E-state index contributed by atoms with van der Waals surface area (Å²) in [5.41, 5.74) is 5.19. The highest BCUT2D eigenvalue weighted by molar-refractivity contribution is 7.91. The molecule has 0 aliphatic heterocycles. The first-order valence-electron chi connectivity index (χ1n) is 5.25. The minimum Gasteiger partial charge on any atom is -0.329 e. The van der Waals surface area contributed by atoms with Gasteiger partial charge in [0, 0.05) is 12.1 Å². The van der Waals surface area contributed by atoms with E-state index < -0.39 is 15.6 Å². The Bertz CT molecular complexity index is 451. The van der Waals surface area contributed by atoms with Gasteiger partial charge in [0.15, 0.2) is 0 Å². The van der Waals surface area contributed by atoms with Crippen molar-refractivity contribution in [2.75, 3.05) is 6.54 Å². The van der Waals surface area contributed by atoms with Crippen molar-refractivity contribution < 1.29 is 8.42 Å². The molecule has 0 spiro atoms. The highest BCUT2D eigenvalue weighted by Gasteiger charge is 2.43. The van der Waals surface area contributed by atoms with E-state index in [9.17, 15) is 8.42 Å². The predicted molar refractivity (Wildman–Crippen MR) is 64.8 cm³/mol. The van der Waals surface area contributed by atoms with Gasteiger partial charge < -0.3 is 5.73 Å². The van der Waals surface area contributed by atoms with Crippen molar-refractivity contribution >= 4 is 21.4 Å². The number of hydrogen-bond donors (Lipinski definition) is 2. The summed E-state index contributed by atoms with van der Waals surface area (Å²) in [4.78, 5) is 0. The molecule has 1 aliphatic rings. The minimum absolute atomic E-state index is 0.336. The molecule has 0 radical (unpaired) electrons. The molecule has 1 heterocycles. The van der Waals surface area contributed by atoms with E-state index in [1.165, 1.54) is 11.3 Å². The van der Waals surface area contributed by atoms with Crippen LogP contribution in [0.15, 0.2) is 21.7 Å². The van der Waals surface area contributed by atoms with E-state index in [0.717, 1.165) is 12.8 Å². The summed E-state index contributed by atoms with van der Waals surface area (Å²) >= 11 is 1.22. The highest BCUT2D eigenvalue weighted by Crippen LogP contribution is 2.39. The van der Waals surface area contributed by atoms with Crippen LogP contribution in [0.2, 0.25) is 0 Å². The van der Waals surface area contributed by atoms with E-state index in [-0.39, 0.29) is 0 Å². The van der Waals surface area contributed by atoms with E-state index in [1.54, 1.807) is 17.5 Å². The van der Waals surface area contributed by atoms with Gasteiger partial charge in [0.05, 0.1) is 0 Å². The fraction of sp³-hybridized carbons (Fsp3) is 0.600. The maximum atomic E-state index is 12.0. The molecule has 3 N–H and O–H groups in total. The van der Waals surface area contributed by atoms with Gasteiger partial charge in [-0.25, -0.2) is 13.1 Å². The lowest BCUT2D eigenvalue weighted by Crippen LogP contribution is -2.52. The van der Waals surface area contributed by atoms with Crippen molar-refractivity contribution in [2.24, 2.45) is 11.7 Å². The molecule has 1 aromatic rings. The molecule has 6 heteroatoms. The van der Waals surface area contributed by atoms with Gasteiger partial charge in [0.25, 0.3) is 10.0 Å². The second kappa shape index (κ2) is 4.10. The molecule has 16 heavy (non-hydrogen) atoms. The van der Waals surface area contributed by atoms with Crippen LogP contribution in [-0.4, -0.2) is 20.5 Å². The molecule has 1 fully saturated rings. The van der Waals surface area contributed by atoms with Crippen molar-refractivity contribution in [1.29, 1.82) is 0 Å². The minimum atomic E-state index is -3.40. The Morgan fingerprint density at radius 3 is 2.75 bits per heavy atom. The maximum absolute atomic E-state index is 12.0.